The average Bonchev–Trinajstić information content (AvgIpc) is 3.33. The topological polar surface area (TPSA) is 130 Å². The number of nitro benzene ring substituents is 1. The third-order valence-electron chi connectivity index (χ3n) is 6.03. The van der Waals surface area contributed by atoms with E-state index < -0.39 is 16.8 Å². The summed E-state index contributed by atoms with van der Waals surface area (Å²) in [5.41, 5.74) is 2.16. The molecule has 0 saturated carbocycles. The summed E-state index contributed by atoms with van der Waals surface area (Å²) in [5.74, 6) is -0.446. The second-order valence-corrected chi connectivity index (χ2v) is 10.9. The van der Waals surface area contributed by atoms with E-state index in [1.54, 1.807) is 20.1 Å². The fraction of sp³-hybridized carbons (Fsp3) is 0.429. The Bertz CT molecular complexity index is 1320. The highest BCUT2D eigenvalue weighted by Crippen LogP contribution is 2.29. The van der Waals surface area contributed by atoms with E-state index in [2.05, 4.69) is 43.1 Å². The van der Waals surface area contributed by atoms with Crippen LogP contribution in [-0.2, 0) is 31.0 Å². The maximum Gasteiger partial charge on any atom is 0.326 e. The van der Waals surface area contributed by atoms with Crippen molar-refractivity contribution in [1.82, 2.24) is 14.8 Å². The third-order valence-corrected chi connectivity index (χ3v) is 6.98. The van der Waals surface area contributed by atoms with Gasteiger partial charge in [-0.15, -0.1) is 10.2 Å². The van der Waals surface area contributed by atoms with Crippen LogP contribution in [0.5, 0.6) is 0 Å². The van der Waals surface area contributed by atoms with Gasteiger partial charge in [0.2, 0.25) is 5.91 Å². The number of ether oxygens (including phenoxy) is 2. The van der Waals surface area contributed by atoms with Crippen LogP contribution >= 0.6 is 11.8 Å². The molecule has 0 aliphatic rings. The van der Waals surface area contributed by atoms with Crippen molar-refractivity contribution in [3.63, 3.8) is 0 Å². The molecule has 0 fully saturated rings. The summed E-state index contributed by atoms with van der Waals surface area (Å²) in [4.78, 5) is 37.6. The monoisotopic (exact) mass is 569 g/mol. The minimum absolute atomic E-state index is 0.0145. The molecule has 11 nitrogen and oxygen atoms in total. The standard InChI is InChI=1S/C28H35N5O6S/c1-6-39-25(35)18-32(22-9-7-10-23(17-22)33(36)37)24(34)19-40-27-30-29-26(31(27)15-8-16-38-5)20-11-13-21(14-12-20)28(2,3)4/h7,9-14,17H,6,8,15-16,18-19H2,1-5H3. The van der Waals surface area contributed by atoms with E-state index in [1.807, 2.05) is 16.7 Å². The smallest absolute Gasteiger partial charge is 0.326 e. The lowest BCUT2D eigenvalue weighted by atomic mass is 9.87. The zero-order valence-electron chi connectivity index (χ0n) is 23.5. The van der Waals surface area contributed by atoms with E-state index in [-0.39, 0.29) is 35.7 Å². The second-order valence-electron chi connectivity index (χ2n) is 9.98. The number of anilines is 1. The Morgan fingerprint density at radius 2 is 1.85 bits per heavy atom. The molecule has 1 heterocycles. The van der Waals surface area contributed by atoms with E-state index in [0.29, 0.717) is 30.6 Å². The van der Waals surface area contributed by atoms with Gasteiger partial charge in [-0.3, -0.25) is 19.7 Å². The van der Waals surface area contributed by atoms with E-state index in [4.69, 9.17) is 9.47 Å². The molecule has 0 N–H and O–H groups in total. The second kappa shape index (κ2) is 14.0. The van der Waals surface area contributed by atoms with Gasteiger partial charge in [0.15, 0.2) is 11.0 Å². The van der Waals surface area contributed by atoms with Crippen molar-refractivity contribution in [1.29, 1.82) is 0 Å². The summed E-state index contributed by atoms with van der Waals surface area (Å²) < 4.78 is 12.2. The summed E-state index contributed by atoms with van der Waals surface area (Å²) in [6, 6.07) is 13.8. The molecule has 0 unspecified atom stereocenters. The molecule has 3 aromatic rings. The Labute approximate surface area is 238 Å². The van der Waals surface area contributed by atoms with Crippen molar-refractivity contribution in [3.05, 3.63) is 64.2 Å². The van der Waals surface area contributed by atoms with E-state index in [0.717, 1.165) is 5.56 Å². The number of benzene rings is 2. The van der Waals surface area contributed by atoms with Crippen molar-refractivity contribution < 1.29 is 24.0 Å². The number of hydrogen-bond acceptors (Lipinski definition) is 9. The van der Waals surface area contributed by atoms with Crippen LogP contribution in [0.25, 0.3) is 11.4 Å². The van der Waals surface area contributed by atoms with Crippen molar-refractivity contribution in [2.75, 3.05) is 37.5 Å². The van der Waals surface area contributed by atoms with Gasteiger partial charge >= 0.3 is 5.97 Å². The molecule has 0 atom stereocenters. The molecule has 0 aliphatic carbocycles. The number of methoxy groups -OCH3 is 1. The molecule has 0 spiro atoms. The van der Waals surface area contributed by atoms with Crippen LogP contribution in [-0.4, -0.2) is 64.2 Å². The van der Waals surface area contributed by atoms with Gasteiger partial charge in [-0.2, -0.15) is 0 Å². The summed E-state index contributed by atoms with van der Waals surface area (Å²) in [7, 11) is 1.64. The van der Waals surface area contributed by atoms with Crippen molar-refractivity contribution in [2.24, 2.45) is 0 Å². The van der Waals surface area contributed by atoms with Crippen molar-refractivity contribution in [2.45, 2.75) is 51.2 Å². The predicted molar refractivity (Wildman–Crippen MR) is 153 cm³/mol. The van der Waals surface area contributed by atoms with Gasteiger partial charge in [0, 0.05) is 38.0 Å². The first-order chi connectivity index (χ1) is 19.0. The van der Waals surface area contributed by atoms with Crippen LogP contribution in [0, 0.1) is 10.1 Å². The Kier molecular flexibility index (Phi) is 10.8. The minimum Gasteiger partial charge on any atom is -0.465 e. The molecule has 1 aromatic heterocycles. The quantitative estimate of drug-likeness (QED) is 0.0930. The van der Waals surface area contributed by atoms with Crippen LogP contribution in [0.2, 0.25) is 0 Å². The van der Waals surface area contributed by atoms with E-state index in [9.17, 15) is 19.7 Å². The Morgan fingerprint density at radius 3 is 2.48 bits per heavy atom. The Morgan fingerprint density at radius 1 is 1.12 bits per heavy atom. The molecule has 214 valence electrons. The lowest BCUT2D eigenvalue weighted by molar-refractivity contribution is -0.384. The van der Waals surface area contributed by atoms with Crippen LogP contribution in [0.3, 0.4) is 0 Å². The highest BCUT2D eigenvalue weighted by molar-refractivity contribution is 7.99. The van der Waals surface area contributed by atoms with Crippen LogP contribution in [0.15, 0.2) is 53.7 Å². The number of aromatic nitrogens is 3. The molecule has 12 heteroatoms. The first-order valence-corrected chi connectivity index (χ1v) is 13.9. The number of hydrogen-bond donors (Lipinski definition) is 0. The van der Waals surface area contributed by atoms with Crippen molar-refractivity contribution in [3.8, 4) is 11.4 Å². The zero-order valence-corrected chi connectivity index (χ0v) is 24.3. The number of esters is 1. The molecular weight excluding hydrogens is 534 g/mol. The number of non-ortho nitro benzene ring substituents is 1. The first-order valence-electron chi connectivity index (χ1n) is 12.9. The highest BCUT2D eigenvalue weighted by atomic mass is 32.2. The van der Waals surface area contributed by atoms with Gasteiger partial charge in [-0.25, -0.2) is 0 Å². The summed E-state index contributed by atoms with van der Waals surface area (Å²) >= 11 is 1.18. The van der Waals surface area contributed by atoms with E-state index in [1.165, 1.54) is 40.4 Å². The normalized spacial score (nSPS) is 11.3. The SMILES string of the molecule is CCOC(=O)CN(C(=O)CSc1nnc(-c2ccc(C(C)(C)C)cc2)n1CCCOC)c1cccc([N+](=O)[O-])c1. The largest absolute Gasteiger partial charge is 0.465 e. The lowest BCUT2D eigenvalue weighted by Gasteiger charge is -2.21. The highest BCUT2D eigenvalue weighted by Gasteiger charge is 2.24. The Hall–Kier alpha value is -3.77. The molecular formula is C28H35N5O6S. The number of nitrogens with zero attached hydrogens (tertiary/aromatic N) is 5. The maximum atomic E-state index is 13.4. The molecule has 0 radical (unpaired) electrons. The maximum absolute atomic E-state index is 13.4. The molecule has 3 rings (SSSR count). The van der Waals surface area contributed by atoms with Crippen LogP contribution < -0.4 is 4.90 Å². The van der Waals surface area contributed by atoms with Gasteiger partial charge in [0.1, 0.15) is 6.54 Å². The van der Waals surface area contributed by atoms with Crippen molar-refractivity contribution >= 4 is 35.0 Å². The predicted octanol–water partition coefficient (Wildman–Crippen LogP) is 4.88. The lowest BCUT2D eigenvalue weighted by Crippen LogP contribution is -2.37. The van der Waals surface area contributed by atoms with Gasteiger partial charge in [-0.05, 0) is 30.4 Å². The minimum atomic E-state index is -0.615. The average molecular weight is 570 g/mol. The van der Waals surface area contributed by atoms with Gasteiger partial charge in [-0.1, -0.05) is 62.9 Å². The van der Waals surface area contributed by atoms with Gasteiger partial charge < -0.3 is 18.9 Å². The molecule has 40 heavy (non-hydrogen) atoms. The summed E-state index contributed by atoms with van der Waals surface area (Å²) in [6.07, 6.45) is 0.714. The Balaban J connectivity index is 1.86. The number of thioether (sulfide) groups is 1. The van der Waals surface area contributed by atoms with E-state index >= 15 is 0 Å². The number of nitro groups is 1. The fourth-order valence-electron chi connectivity index (χ4n) is 3.93. The number of amides is 1. The van der Waals surface area contributed by atoms with Gasteiger partial charge in [0.25, 0.3) is 5.69 Å². The number of rotatable bonds is 13. The molecule has 2 aromatic carbocycles. The third kappa shape index (κ3) is 8.12. The zero-order chi connectivity index (χ0) is 29.3. The number of carbonyl (C=O) groups is 2. The fourth-order valence-corrected chi connectivity index (χ4v) is 4.78. The molecule has 0 bridgehead atoms. The number of carbonyl (C=O) groups excluding carboxylic acids is 2. The molecule has 0 aliphatic heterocycles. The van der Waals surface area contributed by atoms with Crippen LogP contribution in [0.1, 0.15) is 39.7 Å². The molecule has 1 amide bonds. The summed E-state index contributed by atoms with van der Waals surface area (Å²) in [6.45, 7) is 9.02. The van der Waals surface area contributed by atoms with Gasteiger partial charge in [0.05, 0.1) is 23.0 Å². The first kappa shape index (κ1) is 30.8. The van der Waals surface area contributed by atoms with Crippen LogP contribution in [0.4, 0.5) is 11.4 Å². The summed E-state index contributed by atoms with van der Waals surface area (Å²) in [5, 5.41) is 20.6. The molecule has 0 saturated heterocycles.